The van der Waals surface area contributed by atoms with Crippen molar-refractivity contribution in [2.45, 2.75) is 50.1 Å². The molecule has 0 aromatic heterocycles. The van der Waals surface area contributed by atoms with E-state index in [2.05, 4.69) is 0 Å². The normalized spacial score (nSPS) is 24.6. The zero-order valence-corrected chi connectivity index (χ0v) is 13.0. The maximum Gasteiger partial charge on any atom is 0.243 e. The Morgan fingerprint density at radius 1 is 1.25 bits per heavy atom. The van der Waals surface area contributed by atoms with Crippen molar-refractivity contribution in [3.8, 4) is 5.75 Å². The van der Waals surface area contributed by atoms with E-state index in [-0.39, 0.29) is 17.0 Å². The van der Waals surface area contributed by atoms with Gasteiger partial charge in [0.1, 0.15) is 5.75 Å². The summed E-state index contributed by atoms with van der Waals surface area (Å²) in [6.45, 7) is 3.92. The molecule has 0 bridgehead atoms. The Hall–Kier alpha value is -1.27. The van der Waals surface area contributed by atoms with Gasteiger partial charge in [0.05, 0.1) is 17.7 Å². The van der Waals surface area contributed by atoms with Crippen LogP contribution in [0.25, 0.3) is 0 Å². The largest absolute Gasteiger partial charge is 0.495 e. The third-order valence-corrected chi connectivity index (χ3v) is 6.02. The first-order chi connectivity index (χ1) is 9.37. The number of rotatable bonds is 3. The Labute approximate surface area is 120 Å². The molecule has 1 aromatic carbocycles. The average Bonchev–Trinajstić information content (AvgIpc) is 2.38. The number of methoxy groups -OCH3 is 1. The molecule has 1 aromatic rings. The summed E-state index contributed by atoms with van der Waals surface area (Å²) in [5.74, 6) is 0.392. The molecule has 112 valence electrons. The molecule has 2 unspecified atom stereocenters. The first-order valence-electron chi connectivity index (χ1n) is 6.85. The van der Waals surface area contributed by atoms with Crippen LogP contribution in [0, 0.1) is 0 Å². The molecule has 0 radical (unpaired) electrons. The number of sulfonamides is 1. The van der Waals surface area contributed by atoms with Gasteiger partial charge in [-0.15, -0.1) is 0 Å². The molecule has 0 aliphatic carbocycles. The first-order valence-corrected chi connectivity index (χ1v) is 8.29. The van der Waals surface area contributed by atoms with E-state index >= 15 is 0 Å². The van der Waals surface area contributed by atoms with Gasteiger partial charge < -0.3 is 10.5 Å². The summed E-state index contributed by atoms with van der Waals surface area (Å²) in [6, 6.07) is 4.66. The van der Waals surface area contributed by atoms with Gasteiger partial charge in [0.25, 0.3) is 0 Å². The van der Waals surface area contributed by atoms with Crippen molar-refractivity contribution >= 4 is 15.7 Å². The number of hydrogen-bond acceptors (Lipinski definition) is 4. The number of ether oxygens (including phenoxy) is 1. The van der Waals surface area contributed by atoms with Gasteiger partial charge in [0, 0.05) is 18.2 Å². The van der Waals surface area contributed by atoms with Crippen molar-refractivity contribution in [3.63, 3.8) is 0 Å². The fourth-order valence-corrected chi connectivity index (χ4v) is 4.74. The maximum absolute atomic E-state index is 12.8. The Morgan fingerprint density at radius 3 is 2.40 bits per heavy atom. The van der Waals surface area contributed by atoms with E-state index in [9.17, 15) is 8.42 Å². The van der Waals surface area contributed by atoms with Crippen LogP contribution in [0.1, 0.15) is 33.1 Å². The molecule has 2 atom stereocenters. The fraction of sp³-hybridized carbons (Fsp3) is 0.571. The van der Waals surface area contributed by atoms with Gasteiger partial charge in [-0.05, 0) is 38.8 Å². The van der Waals surface area contributed by atoms with Gasteiger partial charge in [-0.1, -0.05) is 6.42 Å². The summed E-state index contributed by atoms with van der Waals surface area (Å²) >= 11 is 0. The van der Waals surface area contributed by atoms with Crippen LogP contribution in [-0.4, -0.2) is 31.9 Å². The van der Waals surface area contributed by atoms with Crippen LogP contribution >= 0.6 is 0 Å². The lowest BCUT2D eigenvalue weighted by molar-refractivity contribution is 0.204. The molecule has 1 aliphatic heterocycles. The standard InChI is InChI=1S/C14H22N2O3S/c1-10-5-4-6-11(2)16(10)20(17,18)12-7-8-13(15)14(9-12)19-3/h7-11H,4-6,15H2,1-3H3. The summed E-state index contributed by atoms with van der Waals surface area (Å²) in [5.41, 5.74) is 6.18. The molecule has 1 saturated heterocycles. The fourth-order valence-electron chi connectivity index (χ4n) is 2.85. The van der Waals surface area contributed by atoms with Gasteiger partial charge in [0.2, 0.25) is 10.0 Å². The quantitative estimate of drug-likeness (QED) is 0.869. The summed E-state index contributed by atoms with van der Waals surface area (Å²) < 4.78 is 32.4. The summed E-state index contributed by atoms with van der Waals surface area (Å²) in [6.07, 6.45) is 2.87. The van der Waals surface area contributed by atoms with Gasteiger partial charge in [-0.25, -0.2) is 8.42 Å². The van der Waals surface area contributed by atoms with Crippen LogP contribution < -0.4 is 10.5 Å². The lowest BCUT2D eigenvalue weighted by atomic mass is 10.0. The van der Waals surface area contributed by atoms with Crippen LogP contribution in [0.4, 0.5) is 5.69 Å². The highest BCUT2D eigenvalue weighted by Crippen LogP contribution is 2.32. The molecule has 1 fully saturated rings. The van der Waals surface area contributed by atoms with Crippen molar-refractivity contribution in [3.05, 3.63) is 18.2 Å². The molecule has 0 amide bonds. The third-order valence-electron chi connectivity index (χ3n) is 3.89. The summed E-state index contributed by atoms with van der Waals surface area (Å²) in [5, 5.41) is 0. The molecule has 6 heteroatoms. The zero-order valence-electron chi connectivity index (χ0n) is 12.2. The van der Waals surface area contributed by atoms with Gasteiger partial charge in [0.15, 0.2) is 0 Å². The number of benzene rings is 1. The van der Waals surface area contributed by atoms with Gasteiger partial charge in [-0.3, -0.25) is 0 Å². The van der Waals surface area contributed by atoms with Crippen molar-refractivity contribution in [2.24, 2.45) is 0 Å². The van der Waals surface area contributed by atoms with Crippen LogP contribution in [-0.2, 0) is 10.0 Å². The Balaban J connectivity index is 2.43. The molecule has 1 aliphatic rings. The zero-order chi connectivity index (χ0) is 14.9. The van der Waals surface area contributed by atoms with E-state index in [1.807, 2.05) is 13.8 Å². The van der Waals surface area contributed by atoms with Crippen molar-refractivity contribution < 1.29 is 13.2 Å². The van der Waals surface area contributed by atoms with Crippen LogP contribution in [0.2, 0.25) is 0 Å². The lowest BCUT2D eigenvalue weighted by Gasteiger charge is -2.37. The molecule has 2 N–H and O–H groups in total. The number of anilines is 1. The number of hydrogen-bond donors (Lipinski definition) is 1. The van der Waals surface area contributed by atoms with E-state index in [1.54, 1.807) is 16.4 Å². The van der Waals surface area contributed by atoms with E-state index < -0.39 is 10.0 Å². The molecule has 1 heterocycles. The monoisotopic (exact) mass is 298 g/mol. The topological polar surface area (TPSA) is 72.6 Å². The second kappa shape index (κ2) is 5.61. The van der Waals surface area contributed by atoms with Crippen LogP contribution in [0.5, 0.6) is 5.75 Å². The highest BCUT2D eigenvalue weighted by Gasteiger charge is 2.35. The van der Waals surface area contributed by atoms with Crippen molar-refractivity contribution in [1.82, 2.24) is 4.31 Å². The molecule has 0 spiro atoms. The molecular weight excluding hydrogens is 276 g/mol. The van der Waals surface area contributed by atoms with E-state index in [1.165, 1.54) is 13.2 Å². The highest BCUT2D eigenvalue weighted by molar-refractivity contribution is 7.89. The SMILES string of the molecule is COc1cc(S(=O)(=O)N2C(C)CCCC2C)ccc1N. The smallest absolute Gasteiger partial charge is 0.243 e. The minimum absolute atomic E-state index is 0.0206. The third kappa shape index (κ3) is 2.62. The van der Waals surface area contributed by atoms with E-state index in [0.717, 1.165) is 19.3 Å². The maximum atomic E-state index is 12.8. The number of nitrogen functional groups attached to an aromatic ring is 1. The van der Waals surface area contributed by atoms with Crippen molar-refractivity contribution in [1.29, 1.82) is 0 Å². The first kappa shape index (κ1) is 15.1. The van der Waals surface area contributed by atoms with E-state index in [4.69, 9.17) is 10.5 Å². The van der Waals surface area contributed by atoms with Crippen LogP contribution in [0.3, 0.4) is 0 Å². The predicted molar refractivity (Wildman–Crippen MR) is 79.2 cm³/mol. The molecule has 5 nitrogen and oxygen atoms in total. The minimum Gasteiger partial charge on any atom is -0.495 e. The van der Waals surface area contributed by atoms with Gasteiger partial charge in [-0.2, -0.15) is 4.31 Å². The Kier molecular flexibility index (Phi) is 4.25. The molecule has 0 saturated carbocycles. The van der Waals surface area contributed by atoms with Crippen LogP contribution in [0.15, 0.2) is 23.1 Å². The van der Waals surface area contributed by atoms with E-state index in [0.29, 0.717) is 11.4 Å². The predicted octanol–water partition coefficient (Wildman–Crippen LogP) is 2.23. The molecule has 20 heavy (non-hydrogen) atoms. The number of nitrogens with zero attached hydrogens (tertiary/aromatic N) is 1. The average molecular weight is 298 g/mol. The summed E-state index contributed by atoms with van der Waals surface area (Å²) in [4.78, 5) is 0.240. The number of piperidine rings is 1. The van der Waals surface area contributed by atoms with Gasteiger partial charge >= 0.3 is 0 Å². The second-order valence-corrected chi connectivity index (χ2v) is 7.21. The molecule has 2 rings (SSSR count). The van der Waals surface area contributed by atoms with Crippen molar-refractivity contribution in [2.75, 3.05) is 12.8 Å². The Morgan fingerprint density at radius 2 is 1.85 bits per heavy atom. The summed E-state index contributed by atoms with van der Waals surface area (Å²) in [7, 11) is -2.03. The highest BCUT2D eigenvalue weighted by atomic mass is 32.2. The Bertz CT molecular complexity index is 576. The molecular formula is C14H22N2O3S. The second-order valence-electron chi connectivity index (χ2n) is 5.37. The number of nitrogens with two attached hydrogens (primary N) is 1. The minimum atomic E-state index is -3.51. The lowest BCUT2D eigenvalue weighted by Crippen LogP contribution is -2.47.